The number of hydrogen-bond acceptors (Lipinski definition) is 5. The smallest absolute Gasteiger partial charge is 0.219 e. The number of rotatable bonds is 3. The van der Waals surface area contributed by atoms with E-state index in [2.05, 4.69) is 46.0 Å². The first-order chi connectivity index (χ1) is 16.5. The Kier molecular flexibility index (Phi) is 5.21. The highest BCUT2D eigenvalue weighted by Gasteiger charge is 2.34. The van der Waals surface area contributed by atoms with Gasteiger partial charge in [-0.2, -0.15) is 10.2 Å². The summed E-state index contributed by atoms with van der Waals surface area (Å²) in [6.07, 6.45) is 6.85. The van der Waals surface area contributed by atoms with Gasteiger partial charge in [0, 0.05) is 68.8 Å². The van der Waals surface area contributed by atoms with Crippen molar-refractivity contribution in [2.45, 2.75) is 45.7 Å². The van der Waals surface area contributed by atoms with Crippen molar-refractivity contribution in [3.8, 4) is 11.1 Å². The number of nitrogens with zero attached hydrogens (tertiary/aromatic N) is 6. The van der Waals surface area contributed by atoms with Crippen LogP contribution in [-0.4, -0.2) is 56.7 Å². The fourth-order valence-electron chi connectivity index (χ4n) is 5.74. The predicted molar refractivity (Wildman–Crippen MR) is 130 cm³/mol. The summed E-state index contributed by atoms with van der Waals surface area (Å²) in [5, 5.41) is 9.56. The third-order valence-corrected chi connectivity index (χ3v) is 7.49. The number of benzene rings is 1. The molecule has 6 rings (SSSR count). The second-order valence-electron chi connectivity index (χ2n) is 10.1. The molecule has 1 saturated heterocycles. The molecule has 8 heteroatoms. The second kappa shape index (κ2) is 8.27. The van der Waals surface area contributed by atoms with Gasteiger partial charge in [-0.05, 0) is 42.0 Å². The molecular weight excluding hydrogens is 428 g/mol. The molecule has 34 heavy (non-hydrogen) atoms. The molecule has 0 spiro atoms. The first-order valence-electron chi connectivity index (χ1n) is 12.3. The number of fused-ring (bicyclic) bond motifs is 2. The van der Waals surface area contributed by atoms with Crippen molar-refractivity contribution in [3.63, 3.8) is 0 Å². The van der Waals surface area contributed by atoms with Crippen LogP contribution in [0.2, 0.25) is 0 Å². The lowest BCUT2D eigenvalue weighted by atomic mass is 9.91. The van der Waals surface area contributed by atoms with Gasteiger partial charge < -0.3 is 14.5 Å². The standard InChI is InChI=1S/C26H32N6O2/c1-17-10-20-11-19(21-12-27-29(3)14-21)4-5-24(20)31(13-17)26-23-15-30(18(2)33)8-6-25(23)32(28-26)22-7-9-34-16-22/h4-5,11-12,14,17,22H,6-10,13,15-16H2,1-3H3/t17-,22?/m0/s1. The minimum Gasteiger partial charge on any atom is -0.379 e. The van der Waals surface area contributed by atoms with E-state index in [1.807, 2.05) is 22.8 Å². The summed E-state index contributed by atoms with van der Waals surface area (Å²) >= 11 is 0. The van der Waals surface area contributed by atoms with Crippen molar-refractivity contribution >= 4 is 17.4 Å². The normalized spacial score (nSPS) is 22.1. The van der Waals surface area contributed by atoms with Crippen LogP contribution in [0.3, 0.4) is 0 Å². The Morgan fingerprint density at radius 1 is 1.24 bits per heavy atom. The Bertz CT molecular complexity index is 1240. The zero-order valence-electron chi connectivity index (χ0n) is 20.2. The SMILES string of the molecule is CC(=O)N1CCc2c(c(N3C[C@@H](C)Cc4cc(-c5cnn(C)c5)ccc43)nn2C2CCOC2)C1. The highest BCUT2D eigenvalue weighted by Crippen LogP contribution is 2.41. The first kappa shape index (κ1) is 21.4. The Hall–Kier alpha value is -3.13. The highest BCUT2D eigenvalue weighted by molar-refractivity contribution is 5.76. The van der Waals surface area contributed by atoms with Crippen LogP contribution in [0.4, 0.5) is 11.5 Å². The molecule has 3 aliphatic rings. The van der Waals surface area contributed by atoms with E-state index in [0.717, 1.165) is 50.3 Å². The maximum absolute atomic E-state index is 12.2. The van der Waals surface area contributed by atoms with Crippen LogP contribution in [0, 0.1) is 5.92 Å². The molecule has 178 valence electrons. The number of carbonyl (C=O) groups excluding carboxylic acids is 1. The van der Waals surface area contributed by atoms with Gasteiger partial charge in [0.2, 0.25) is 5.91 Å². The van der Waals surface area contributed by atoms with E-state index in [-0.39, 0.29) is 11.9 Å². The van der Waals surface area contributed by atoms with E-state index in [0.29, 0.717) is 19.1 Å². The quantitative estimate of drug-likeness (QED) is 0.599. The van der Waals surface area contributed by atoms with Gasteiger partial charge in [0.05, 0.1) is 25.4 Å². The van der Waals surface area contributed by atoms with Crippen molar-refractivity contribution in [1.29, 1.82) is 0 Å². The molecule has 0 aliphatic carbocycles. The molecule has 2 aromatic heterocycles. The van der Waals surface area contributed by atoms with Gasteiger partial charge in [0.15, 0.2) is 5.82 Å². The average molecular weight is 461 g/mol. The second-order valence-corrected chi connectivity index (χ2v) is 10.1. The van der Waals surface area contributed by atoms with Crippen molar-refractivity contribution in [3.05, 3.63) is 47.4 Å². The molecule has 8 nitrogen and oxygen atoms in total. The zero-order valence-corrected chi connectivity index (χ0v) is 20.2. The topological polar surface area (TPSA) is 68.4 Å². The minimum atomic E-state index is 0.127. The minimum absolute atomic E-state index is 0.127. The number of aryl methyl sites for hydroxylation is 1. The van der Waals surface area contributed by atoms with Gasteiger partial charge in [-0.15, -0.1) is 0 Å². The third kappa shape index (κ3) is 3.60. The Morgan fingerprint density at radius 3 is 2.85 bits per heavy atom. The summed E-state index contributed by atoms with van der Waals surface area (Å²) < 4.78 is 9.76. The van der Waals surface area contributed by atoms with Gasteiger partial charge in [-0.25, -0.2) is 0 Å². The number of carbonyl (C=O) groups is 1. The van der Waals surface area contributed by atoms with Crippen LogP contribution in [0.5, 0.6) is 0 Å². The van der Waals surface area contributed by atoms with E-state index in [1.54, 1.807) is 6.92 Å². The number of hydrogen-bond donors (Lipinski definition) is 0. The molecule has 0 saturated carbocycles. The van der Waals surface area contributed by atoms with Crippen LogP contribution >= 0.6 is 0 Å². The van der Waals surface area contributed by atoms with Gasteiger partial charge >= 0.3 is 0 Å². The average Bonchev–Trinajstić information content (AvgIpc) is 3.57. The van der Waals surface area contributed by atoms with Crippen LogP contribution in [0.15, 0.2) is 30.6 Å². The molecule has 1 aromatic carbocycles. The van der Waals surface area contributed by atoms with Gasteiger partial charge in [0.1, 0.15) is 0 Å². The van der Waals surface area contributed by atoms with Gasteiger partial charge in [-0.1, -0.05) is 13.0 Å². The Balaban J connectivity index is 1.44. The molecule has 1 amide bonds. The summed E-state index contributed by atoms with van der Waals surface area (Å²) in [6, 6.07) is 7.01. The van der Waals surface area contributed by atoms with E-state index in [1.165, 1.54) is 28.1 Å². The summed E-state index contributed by atoms with van der Waals surface area (Å²) in [4.78, 5) is 16.6. The lowest BCUT2D eigenvalue weighted by Gasteiger charge is -2.35. The molecule has 0 N–H and O–H groups in total. The third-order valence-electron chi connectivity index (χ3n) is 7.49. The largest absolute Gasteiger partial charge is 0.379 e. The van der Waals surface area contributed by atoms with Gasteiger partial charge in [-0.3, -0.25) is 14.2 Å². The van der Waals surface area contributed by atoms with Crippen molar-refractivity contribution in [2.75, 3.05) is 31.2 Å². The van der Waals surface area contributed by atoms with E-state index < -0.39 is 0 Å². The lowest BCUT2D eigenvalue weighted by Crippen LogP contribution is -2.36. The lowest BCUT2D eigenvalue weighted by molar-refractivity contribution is -0.129. The van der Waals surface area contributed by atoms with Crippen LogP contribution in [0.1, 0.15) is 43.1 Å². The number of ether oxygens (including phenoxy) is 1. The Labute approximate surface area is 200 Å². The molecule has 3 aliphatic heterocycles. The Morgan fingerprint density at radius 2 is 2.12 bits per heavy atom. The molecule has 1 unspecified atom stereocenters. The molecule has 3 aromatic rings. The number of amides is 1. The number of aromatic nitrogens is 4. The molecule has 2 atom stereocenters. The molecule has 0 radical (unpaired) electrons. The van der Waals surface area contributed by atoms with Gasteiger partial charge in [0.25, 0.3) is 0 Å². The fourth-order valence-corrected chi connectivity index (χ4v) is 5.74. The maximum atomic E-state index is 12.2. The fraction of sp³-hybridized carbons (Fsp3) is 0.500. The van der Waals surface area contributed by atoms with E-state index in [4.69, 9.17) is 9.84 Å². The monoisotopic (exact) mass is 460 g/mol. The van der Waals surface area contributed by atoms with Crippen molar-refractivity contribution in [1.82, 2.24) is 24.5 Å². The van der Waals surface area contributed by atoms with Crippen molar-refractivity contribution < 1.29 is 9.53 Å². The van der Waals surface area contributed by atoms with Crippen LogP contribution in [0.25, 0.3) is 11.1 Å². The maximum Gasteiger partial charge on any atom is 0.219 e. The number of anilines is 2. The molecular formula is C26H32N6O2. The first-order valence-corrected chi connectivity index (χ1v) is 12.3. The molecule has 0 bridgehead atoms. The van der Waals surface area contributed by atoms with E-state index >= 15 is 0 Å². The summed E-state index contributed by atoms with van der Waals surface area (Å²) in [6.45, 7) is 7.77. The zero-order chi connectivity index (χ0) is 23.4. The van der Waals surface area contributed by atoms with Crippen molar-refractivity contribution in [2.24, 2.45) is 13.0 Å². The summed E-state index contributed by atoms with van der Waals surface area (Å²) in [5.74, 6) is 1.64. The van der Waals surface area contributed by atoms with Crippen LogP contribution < -0.4 is 4.90 Å². The van der Waals surface area contributed by atoms with E-state index in [9.17, 15) is 4.79 Å². The summed E-state index contributed by atoms with van der Waals surface area (Å²) in [7, 11) is 1.95. The molecule has 5 heterocycles. The highest BCUT2D eigenvalue weighted by atomic mass is 16.5. The molecule has 1 fully saturated rings. The predicted octanol–water partition coefficient (Wildman–Crippen LogP) is 3.48. The summed E-state index contributed by atoms with van der Waals surface area (Å²) in [5.41, 5.74) is 7.36. The van der Waals surface area contributed by atoms with Crippen LogP contribution in [-0.2, 0) is 36.0 Å².